The second-order valence-electron chi connectivity index (χ2n) is 9.78. The van der Waals surface area contributed by atoms with Crippen molar-refractivity contribution in [1.29, 1.82) is 0 Å². The maximum Gasteiger partial charge on any atom is 0.253 e. The molecule has 3 heterocycles. The van der Waals surface area contributed by atoms with Crippen LogP contribution in [-0.2, 0) is 5.54 Å². The molecule has 7 nitrogen and oxygen atoms in total. The first-order valence-corrected chi connectivity index (χ1v) is 11.4. The van der Waals surface area contributed by atoms with Gasteiger partial charge in [-0.1, -0.05) is 26.0 Å². The monoisotopic (exact) mass is 422 g/mol. The highest BCUT2D eigenvalue weighted by Crippen LogP contribution is 2.33. The predicted molar refractivity (Wildman–Crippen MR) is 123 cm³/mol. The van der Waals surface area contributed by atoms with E-state index in [-0.39, 0.29) is 17.1 Å². The van der Waals surface area contributed by atoms with Crippen LogP contribution in [0.4, 0.5) is 0 Å². The van der Waals surface area contributed by atoms with E-state index in [1.807, 2.05) is 11.6 Å². The van der Waals surface area contributed by atoms with Crippen LogP contribution in [0.15, 0.2) is 23.0 Å². The Morgan fingerprint density at radius 3 is 2.55 bits per heavy atom. The van der Waals surface area contributed by atoms with Gasteiger partial charge in [0.2, 0.25) is 0 Å². The number of aromatic amines is 1. The van der Waals surface area contributed by atoms with Gasteiger partial charge in [0, 0.05) is 10.9 Å². The number of H-pyrrole nitrogens is 1. The summed E-state index contributed by atoms with van der Waals surface area (Å²) in [6.45, 7) is 14.7. The summed E-state index contributed by atoms with van der Waals surface area (Å²) in [6, 6.07) is 5.96. The van der Waals surface area contributed by atoms with Crippen LogP contribution in [0.1, 0.15) is 75.5 Å². The molecule has 3 aromatic rings. The van der Waals surface area contributed by atoms with Gasteiger partial charge in [-0.05, 0) is 93.6 Å². The molecule has 0 radical (unpaired) electrons. The summed E-state index contributed by atoms with van der Waals surface area (Å²) >= 11 is 0. The molecule has 1 aliphatic heterocycles. The largest absolute Gasteiger partial charge is 0.321 e. The van der Waals surface area contributed by atoms with E-state index in [1.54, 1.807) is 0 Å². The van der Waals surface area contributed by atoms with E-state index >= 15 is 0 Å². The standard InChI is InChI=1S/C24H34N6O/c1-7-24(5,6)30-22(26-27-28-30)21(29-12-10-15(2)11-13-29)19-14-18-16(3)8-9-17(4)20(18)25-23(19)31/h8-9,14-15,21H,7,10-13H2,1-6H3,(H,25,31)/t21-/m1/s1. The van der Waals surface area contributed by atoms with Crippen LogP contribution in [0, 0.1) is 19.8 Å². The fourth-order valence-electron chi connectivity index (χ4n) is 4.53. The van der Waals surface area contributed by atoms with Crippen molar-refractivity contribution in [3.8, 4) is 0 Å². The Morgan fingerprint density at radius 1 is 1.19 bits per heavy atom. The fourth-order valence-corrected chi connectivity index (χ4v) is 4.53. The van der Waals surface area contributed by atoms with Gasteiger partial charge >= 0.3 is 0 Å². The van der Waals surface area contributed by atoms with E-state index in [0.717, 1.165) is 65.8 Å². The highest BCUT2D eigenvalue weighted by molar-refractivity contribution is 5.85. The summed E-state index contributed by atoms with van der Waals surface area (Å²) < 4.78 is 1.92. The minimum atomic E-state index is -0.276. The Kier molecular flexibility index (Phi) is 5.73. The number of likely N-dealkylation sites (tertiary alicyclic amines) is 1. The molecule has 0 bridgehead atoms. The Bertz CT molecular complexity index is 1140. The molecule has 4 rings (SSSR count). The number of fused-ring (bicyclic) bond motifs is 1. The van der Waals surface area contributed by atoms with Crippen molar-refractivity contribution in [1.82, 2.24) is 30.1 Å². The number of piperidine rings is 1. The number of hydrogen-bond donors (Lipinski definition) is 1. The molecule has 31 heavy (non-hydrogen) atoms. The lowest BCUT2D eigenvalue weighted by molar-refractivity contribution is 0.143. The molecule has 1 aliphatic rings. The van der Waals surface area contributed by atoms with Crippen LogP contribution in [0.3, 0.4) is 0 Å². The number of benzene rings is 1. The van der Waals surface area contributed by atoms with Crippen LogP contribution in [0.25, 0.3) is 10.9 Å². The smallest absolute Gasteiger partial charge is 0.253 e. The lowest BCUT2D eigenvalue weighted by Gasteiger charge is -2.37. The van der Waals surface area contributed by atoms with Crippen molar-refractivity contribution in [2.75, 3.05) is 13.1 Å². The zero-order valence-corrected chi connectivity index (χ0v) is 19.6. The van der Waals surface area contributed by atoms with E-state index < -0.39 is 0 Å². The lowest BCUT2D eigenvalue weighted by atomic mass is 9.94. The molecule has 7 heteroatoms. The minimum absolute atomic E-state index is 0.0614. The molecule has 1 aromatic carbocycles. The van der Waals surface area contributed by atoms with Gasteiger partial charge in [0.25, 0.3) is 5.56 Å². The number of rotatable bonds is 5. The zero-order valence-electron chi connectivity index (χ0n) is 19.6. The van der Waals surface area contributed by atoms with Gasteiger partial charge in [0.1, 0.15) is 6.04 Å². The average molecular weight is 423 g/mol. The highest BCUT2D eigenvalue weighted by Gasteiger charge is 2.35. The zero-order chi connectivity index (χ0) is 22.3. The normalized spacial score (nSPS) is 17.4. The summed E-state index contributed by atoms with van der Waals surface area (Å²) in [6.07, 6.45) is 3.11. The molecule has 1 saturated heterocycles. The van der Waals surface area contributed by atoms with Crippen LogP contribution >= 0.6 is 0 Å². The molecule has 2 aromatic heterocycles. The molecular weight excluding hydrogens is 388 g/mol. The van der Waals surface area contributed by atoms with Crippen molar-refractivity contribution in [2.24, 2.45) is 5.92 Å². The molecule has 1 atom stereocenters. The number of tetrazole rings is 1. The van der Waals surface area contributed by atoms with E-state index in [9.17, 15) is 4.79 Å². The van der Waals surface area contributed by atoms with Gasteiger partial charge in [0.15, 0.2) is 5.82 Å². The highest BCUT2D eigenvalue weighted by atomic mass is 16.1. The van der Waals surface area contributed by atoms with E-state index in [0.29, 0.717) is 5.92 Å². The fraction of sp³-hybridized carbons (Fsp3) is 0.583. The second-order valence-corrected chi connectivity index (χ2v) is 9.78. The molecule has 0 amide bonds. The van der Waals surface area contributed by atoms with E-state index in [1.165, 1.54) is 0 Å². The van der Waals surface area contributed by atoms with Crippen LogP contribution in [-0.4, -0.2) is 43.2 Å². The molecule has 1 N–H and O–H groups in total. The van der Waals surface area contributed by atoms with Crippen molar-refractivity contribution < 1.29 is 0 Å². The van der Waals surface area contributed by atoms with Gasteiger partial charge in [-0.15, -0.1) is 5.10 Å². The second kappa shape index (κ2) is 8.19. The quantitative estimate of drug-likeness (QED) is 0.670. The van der Waals surface area contributed by atoms with Gasteiger partial charge in [-0.25, -0.2) is 4.68 Å². The topological polar surface area (TPSA) is 79.7 Å². The Morgan fingerprint density at radius 2 is 1.87 bits per heavy atom. The minimum Gasteiger partial charge on any atom is -0.321 e. The predicted octanol–water partition coefficient (Wildman–Crippen LogP) is 4.10. The van der Waals surface area contributed by atoms with Gasteiger partial charge < -0.3 is 4.98 Å². The SMILES string of the molecule is CCC(C)(C)n1nnnc1[C@@H](c1cc2c(C)ccc(C)c2[nH]c1=O)N1CCC(C)CC1. The molecule has 0 unspecified atom stereocenters. The van der Waals surface area contributed by atoms with Crippen LogP contribution < -0.4 is 5.56 Å². The van der Waals surface area contributed by atoms with Crippen LogP contribution in [0.5, 0.6) is 0 Å². The Balaban J connectivity index is 1.93. The number of hydrogen-bond acceptors (Lipinski definition) is 5. The summed E-state index contributed by atoms with van der Waals surface area (Å²) in [5.74, 6) is 1.44. The Hall–Kier alpha value is -2.54. The van der Waals surface area contributed by atoms with Crippen molar-refractivity contribution in [3.63, 3.8) is 0 Å². The third-order valence-electron chi connectivity index (χ3n) is 7.13. The molecule has 0 saturated carbocycles. The number of aryl methyl sites for hydroxylation is 2. The summed E-state index contributed by atoms with van der Waals surface area (Å²) in [4.78, 5) is 19.0. The average Bonchev–Trinajstić information content (AvgIpc) is 3.23. The van der Waals surface area contributed by atoms with Crippen molar-refractivity contribution >= 4 is 10.9 Å². The summed E-state index contributed by atoms with van der Waals surface area (Å²) in [5, 5.41) is 13.9. The number of pyridine rings is 1. The summed E-state index contributed by atoms with van der Waals surface area (Å²) in [7, 11) is 0. The third kappa shape index (κ3) is 3.91. The van der Waals surface area contributed by atoms with Gasteiger partial charge in [-0.2, -0.15) is 0 Å². The first-order valence-electron chi connectivity index (χ1n) is 11.4. The van der Waals surface area contributed by atoms with E-state index in [4.69, 9.17) is 0 Å². The molecular formula is C24H34N6O. The molecule has 0 aliphatic carbocycles. The lowest BCUT2D eigenvalue weighted by Crippen LogP contribution is -2.41. The number of nitrogens with one attached hydrogen (secondary N) is 1. The number of nitrogens with zero attached hydrogens (tertiary/aromatic N) is 5. The van der Waals surface area contributed by atoms with Crippen molar-refractivity contribution in [2.45, 2.75) is 72.4 Å². The van der Waals surface area contributed by atoms with Crippen molar-refractivity contribution in [3.05, 3.63) is 51.1 Å². The Labute approximate surface area is 183 Å². The first-order chi connectivity index (χ1) is 14.7. The molecule has 0 spiro atoms. The van der Waals surface area contributed by atoms with E-state index in [2.05, 4.69) is 78.2 Å². The maximum absolute atomic E-state index is 13.4. The maximum atomic E-state index is 13.4. The van der Waals surface area contributed by atoms with Crippen LogP contribution in [0.2, 0.25) is 0 Å². The molecule has 166 valence electrons. The first kappa shape index (κ1) is 21.7. The molecule has 1 fully saturated rings. The third-order valence-corrected chi connectivity index (χ3v) is 7.13. The van der Waals surface area contributed by atoms with Gasteiger partial charge in [-0.3, -0.25) is 9.69 Å². The number of aromatic nitrogens is 5. The summed E-state index contributed by atoms with van der Waals surface area (Å²) in [5.41, 5.74) is 3.55. The van der Waals surface area contributed by atoms with Gasteiger partial charge in [0.05, 0.1) is 11.1 Å².